The van der Waals surface area contributed by atoms with Gasteiger partial charge in [-0.05, 0) is 32.0 Å². The molecule has 0 aliphatic carbocycles. The first-order chi connectivity index (χ1) is 25.0. The number of phenols is 4. The second kappa shape index (κ2) is 15.1. The van der Waals surface area contributed by atoms with E-state index in [0.29, 0.717) is 0 Å². The molecule has 292 valence electrons. The first-order valence-corrected chi connectivity index (χ1v) is 16.4. The lowest BCUT2D eigenvalue weighted by atomic mass is 9.97. The summed E-state index contributed by atoms with van der Waals surface area (Å²) in [7, 11) is 0. The van der Waals surface area contributed by atoms with Crippen LogP contribution in [-0.4, -0.2) is 160 Å². The van der Waals surface area contributed by atoms with Gasteiger partial charge in [-0.3, -0.25) is 4.79 Å². The standard InChI is InChI=1S/C33H40O20/c1-9-19(38)23(42)26(45)31(48-9)53-30-25(44)20(39)10(2)49-33(30)47-8-17-21(40)24(43)27(46)32(51-17)52-29-22(41)18-15(37)6-12(34)7-16(18)50-28(29)11-3-4-13(35)14(36)5-11/h3-7,9-10,17,19-21,23-27,30-40,42-46H,8H2,1-2H3/t9-,10-,17+,19-,20-,21+,23+,24-,25-,26-,27+,30+,31-,32-,33+/m1/s1. The monoisotopic (exact) mass is 756 g/mol. The molecule has 20 heteroatoms. The highest BCUT2D eigenvalue weighted by atomic mass is 16.8. The topological polar surface area (TPSA) is 328 Å². The third-order valence-electron chi connectivity index (χ3n) is 9.37. The molecule has 12 N–H and O–H groups in total. The van der Waals surface area contributed by atoms with E-state index in [1.54, 1.807) is 0 Å². The number of aliphatic hydroxyl groups is 8. The van der Waals surface area contributed by atoms with Gasteiger partial charge in [-0.1, -0.05) is 0 Å². The fourth-order valence-electron chi connectivity index (χ4n) is 6.25. The average Bonchev–Trinajstić information content (AvgIpc) is 3.11. The molecule has 15 atom stereocenters. The lowest BCUT2D eigenvalue weighted by Crippen LogP contribution is -2.64. The van der Waals surface area contributed by atoms with Crippen LogP contribution in [0.5, 0.6) is 28.7 Å². The third kappa shape index (κ3) is 7.34. The summed E-state index contributed by atoms with van der Waals surface area (Å²) < 4.78 is 39.8. The number of rotatable bonds is 8. The molecule has 4 heterocycles. The van der Waals surface area contributed by atoms with Crippen molar-refractivity contribution in [2.75, 3.05) is 6.61 Å². The Morgan fingerprint density at radius 3 is 1.94 bits per heavy atom. The summed E-state index contributed by atoms with van der Waals surface area (Å²) >= 11 is 0. The maximum Gasteiger partial charge on any atom is 0.239 e. The largest absolute Gasteiger partial charge is 0.508 e. The number of ether oxygens (including phenoxy) is 6. The van der Waals surface area contributed by atoms with E-state index in [1.807, 2.05) is 0 Å². The summed E-state index contributed by atoms with van der Waals surface area (Å²) in [4.78, 5) is 13.8. The molecule has 53 heavy (non-hydrogen) atoms. The minimum Gasteiger partial charge on any atom is -0.508 e. The van der Waals surface area contributed by atoms with Crippen LogP contribution in [0.1, 0.15) is 13.8 Å². The molecular weight excluding hydrogens is 716 g/mol. The molecule has 3 aliphatic heterocycles. The molecule has 0 saturated carbocycles. The van der Waals surface area contributed by atoms with E-state index in [4.69, 9.17) is 32.8 Å². The van der Waals surface area contributed by atoms with Crippen molar-refractivity contribution < 1.29 is 94.1 Å². The van der Waals surface area contributed by atoms with Crippen LogP contribution in [-0.2, 0) is 23.7 Å². The maximum atomic E-state index is 13.8. The molecule has 0 spiro atoms. The molecule has 3 aliphatic rings. The highest BCUT2D eigenvalue weighted by Gasteiger charge is 2.51. The maximum absolute atomic E-state index is 13.8. The number of fused-ring (bicyclic) bond motifs is 1. The van der Waals surface area contributed by atoms with Crippen LogP contribution in [0.2, 0.25) is 0 Å². The van der Waals surface area contributed by atoms with Gasteiger partial charge in [-0.2, -0.15) is 0 Å². The number of phenolic OH excluding ortho intramolecular Hbond substituents is 4. The van der Waals surface area contributed by atoms with Gasteiger partial charge in [0.15, 0.2) is 29.8 Å². The Balaban J connectivity index is 1.27. The van der Waals surface area contributed by atoms with Gasteiger partial charge >= 0.3 is 0 Å². The third-order valence-corrected chi connectivity index (χ3v) is 9.37. The van der Waals surface area contributed by atoms with Crippen LogP contribution in [0.3, 0.4) is 0 Å². The first kappa shape index (κ1) is 38.8. The minimum atomic E-state index is -2.04. The van der Waals surface area contributed by atoms with Gasteiger partial charge in [-0.25, -0.2) is 0 Å². The molecule has 3 aromatic rings. The fraction of sp³-hybridized carbons (Fsp3) is 0.545. The Bertz CT molecular complexity index is 1830. The minimum absolute atomic E-state index is 0.0678. The average molecular weight is 757 g/mol. The molecule has 6 rings (SSSR count). The second-order valence-electron chi connectivity index (χ2n) is 13.1. The van der Waals surface area contributed by atoms with Gasteiger partial charge < -0.3 is 94.1 Å². The van der Waals surface area contributed by atoms with Gasteiger partial charge in [0.05, 0.1) is 18.8 Å². The predicted molar refractivity (Wildman–Crippen MR) is 171 cm³/mol. The Morgan fingerprint density at radius 2 is 1.26 bits per heavy atom. The van der Waals surface area contributed by atoms with Crippen LogP contribution < -0.4 is 10.2 Å². The zero-order valence-electron chi connectivity index (χ0n) is 27.9. The van der Waals surface area contributed by atoms with E-state index in [0.717, 1.165) is 24.3 Å². The molecule has 0 amide bonds. The summed E-state index contributed by atoms with van der Waals surface area (Å²) in [6.45, 7) is 2.08. The summed E-state index contributed by atoms with van der Waals surface area (Å²) in [5.41, 5.74) is -1.46. The SMILES string of the molecule is C[C@H]1O[C@H](O[C@@H]2[C@@H](OC[C@@H]3O[C@H](Oc4c(-c5ccc(O)c(O)c5)oc5cc(O)cc(O)c5c4=O)[C@@H](O)[C@H](O)[C@H]3O)O[C@H](C)[C@@H](O)[C@H]2O)[C@H](O)[C@@H](O)[C@@H]1O. The van der Waals surface area contributed by atoms with Crippen LogP contribution in [0.25, 0.3) is 22.3 Å². The molecule has 3 saturated heterocycles. The van der Waals surface area contributed by atoms with E-state index in [2.05, 4.69) is 0 Å². The van der Waals surface area contributed by atoms with Crippen molar-refractivity contribution in [1.82, 2.24) is 0 Å². The molecule has 3 fully saturated rings. The fourth-order valence-corrected chi connectivity index (χ4v) is 6.25. The molecule has 2 aromatic carbocycles. The van der Waals surface area contributed by atoms with Crippen molar-refractivity contribution in [2.45, 2.75) is 106 Å². The van der Waals surface area contributed by atoms with Crippen molar-refractivity contribution in [3.05, 3.63) is 40.6 Å². The summed E-state index contributed by atoms with van der Waals surface area (Å²) in [5, 5.41) is 125. The van der Waals surface area contributed by atoms with E-state index in [9.17, 15) is 66.1 Å². The Kier molecular flexibility index (Phi) is 11.1. The van der Waals surface area contributed by atoms with Crippen LogP contribution in [0.15, 0.2) is 39.5 Å². The molecule has 0 radical (unpaired) electrons. The predicted octanol–water partition coefficient (Wildman–Crippen LogP) is -2.84. The Hall–Kier alpha value is -3.87. The number of hydrogen-bond acceptors (Lipinski definition) is 20. The molecular formula is C33H40O20. The van der Waals surface area contributed by atoms with E-state index >= 15 is 0 Å². The van der Waals surface area contributed by atoms with E-state index in [-0.39, 0.29) is 11.1 Å². The second-order valence-corrected chi connectivity index (χ2v) is 13.1. The van der Waals surface area contributed by atoms with Gasteiger partial charge in [0, 0.05) is 17.7 Å². The van der Waals surface area contributed by atoms with Crippen molar-refractivity contribution in [3.8, 4) is 40.1 Å². The van der Waals surface area contributed by atoms with E-state index < -0.39 is 144 Å². The summed E-state index contributed by atoms with van der Waals surface area (Å²) in [6.07, 6.45) is -24.7. The molecule has 0 bridgehead atoms. The highest BCUT2D eigenvalue weighted by Crippen LogP contribution is 2.40. The highest BCUT2D eigenvalue weighted by molar-refractivity contribution is 5.88. The van der Waals surface area contributed by atoms with Crippen molar-refractivity contribution in [3.63, 3.8) is 0 Å². The Labute approximate surface area is 298 Å². The van der Waals surface area contributed by atoms with Gasteiger partial charge in [0.2, 0.25) is 17.5 Å². The van der Waals surface area contributed by atoms with Crippen LogP contribution in [0.4, 0.5) is 0 Å². The Morgan fingerprint density at radius 1 is 0.642 bits per heavy atom. The molecule has 20 nitrogen and oxygen atoms in total. The lowest BCUT2D eigenvalue weighted by Gasteiger charge is -2.46. The molecule has 1 aromatic heterocycles. The first-order valence-electron chi connectivity index (χ1n) is 16.4. The van der Waals surface area contributed by atoms with Crippen molar-refractivity contribution >= 4 is 11.0 Å². The normalized spacial score (nSPS) is 37.8. The zero-order chi connectivity index (χ0) is 38.6. The smallest absolute Gasteiger partial charge is 0.239 e. The number of benzene rings is 2. The zero-order valence-corrected chi connectivity index (χ0v) is 27.9. The van der Waals surface area contributed by atoms with Gasteiger partial charge in [0.1, 0.15) is 83.5 Å². The quantitative estimate of drug-likeness (QED) is 0.103. The van der Waals surface area contributed by atoms with Crippen molar-refractivity contribution in [2.24, 2.45) is 0 Å². The van der Waals surface area contributed by atoms with Gasteiger partial charge in [-0.15, -0.1) is 0 Å². The summed E-state index contributed by atoms with van der Waals surface area (Å²) in [6, 6.07) is 5.14. The number of aromatic hydroxyl groups is 4. The number of hydrogen-bond donors (Lipinski definition) is 12. The summed E-state index contributed by atoms with van der Waals surface area (Å²) in [5.74, 6) is -3.53. The van der Waals surface area contributed by atoms with Crippen LogP contribution in [0, 0.1) is 0 Å². The van der Waals surface area contributed by atoms with Gasteiger partial charge in [0.25, 0.3) is 0 Å². The van der Waals surface area contributed by atoms with Crippen LogP contribution >= 0.6 is 0 Å². The van der Waals surface area contributed by atoms with E-state index in [1.165, 1.54) is 19.9 Å². The lowest BCUT2D eigenvalue weighted by molar-refractivity contribution is -0.367. The number of aliphatic hydroxyl groups excluding tert-OH is 8. The molecule has 0 unspecified atom stereocenters. The van der Waals surface area contributed by atoms with Crippen molar-refractivity contribution in [1.29, 1.82) is 0 Å².